The summed E-state index contributed by atoms with van der Waals surface area (Å²) in [4.78, 5) is 26.1. The highest BCUT2D eigenvalue weighted by Gasteiger charge is 2.17. The first-order chi connectivity index (χ1) is 13.6. The number of hydrogen-bond donors (Lipinski definition) is 1. The second-order valence-corrected chi connectivity index (χ2v) is 7.12. The van der Waals surface area contributed by atoms with E-state index < -0.39 is 0 Å². The van der Waals surface area contributed by atoms with Gasteiger partial charge in [-0.3, -0.25) is 9.88 Å². The van der Waals surface area contributed by atoms with Crippen LogP contribution in [0.15, 0.2) is 48.7 Å². The smallest absolute Gasteiger partial charge is 0.337 e. The van der Waals surface area contributed by atoms with Crippen LogP contribution in [0.4, 0.5) is 0 Å². The van der Waals surface area contributed by atoms with Gasteiger partial charge in [0.25, 0.3) is 0 Å². The highest BCUT2D eigenvalue weighted by atomic mass is 32.1. The molecule has 6 nitrogen and oxygen atoms in total. The number of methoxy groups -OCH3 is 1. The molecule has 0 unspecified atom stereocenters. The van der Waals surface area contributed by atoms with Gasteiger partial charge in [-0.15, -0.1) is 0 Å². The summed E-state index contributed by atoms with van der Waals surface area (Å²) in [6.07, 6.45) is 2.79. The van der Waals surface area contributed by atoms with E-state index in [1.54, 1.807) is 12.1 Å². The van der Waals surface area contributed by atoms with Crippen molar-refractivity contribution in [3.63, 3.8) is 0 Å². The lowest BCUT2D eigenvalue weighted by atomic mass is 10.1. The van der Waals surface area contributed by atoms with E-state index in [0.717, 1.165) is 43.0 Å². The zero-order chi connectivity index (χ0) is 19.5. The second kappa shape index (κ2) is 8.00. The monoisotopic (exact) mass is 392 g/mol. The molecule has 0 radical (unpaired) electrons. The van der Waals surface area contributed by atoms with Gasteiger partial charge in [-0.05, 0) is 36.5 Å². The molecule has 1 aliphatic heterocycles. The number of esters is 1. The van der Waals surface area contributed by atoms with Crippen molar-refractivity contribution in [2.75, 3.05) is 13.7 Å². The van der Waals surface area contributed by atoms with Crippen molar-refractivity contribution in [1.29, 1.82) is 0 Å². The van der Waals surface area contributed by atoms with Gasteiger partial charge in [-0.1, -0.05) is 18.2 Å². The van der Waals surface area contributed by atoms with Crippen LogP contribution in [0.25, 0.3) is 11.3 Å². The van der Waals surface area contributed by atoms with Gasteiger partial charge in [0.05, 0.1) is 24.1 Å². The minimum absolute atomic E-state index is 0.339. The normalized spacial score (nSPS) is 13.8. The van der Waals surface area contributed by atoms with Crippen molar-refractivity contribution in [1.82, 2.24) is 19.9 Å². The number of pyridine rings is 1. The van der Waals surface area contributed by atoms with E-state index in [1.807, 2.05) is 36.5 Å². The fourth-order valence-electron chi connectivity index (χ4n) is 3.39. The van der Waals surface area contributed by atoms with Crippen LogP contribution in [0.2, 0.25) is 0 Å². The molecule has 0 spiro atoms. The van der Waals surface area contributed by atoms with Crippen molar-refractivity contribution in [3.05, 3.63) is 75.9 Å². The number of H-pyrrole nitrogens is 1. The molecule has 28 heavy (non-hydrogen) atoms. The Labute approximate surface area is 168 Å². The molecule has 0 bridgehead atoms. The molecule has 3 aromatic rings. The van der Waals surface area contributed by atoms with Gasteiger partial charge in [-0.25, -0.2) is 9.78 Å². The Kier molecular flexibility index (Phi) is 5.27. The average Bonchev–Trinajstić information content (AvgIpc) is 2.73. The first-order valence-corrected chi connectivity index (χ1v) is 9.47. The van der Waals surface area contributed by atoms with Crippen LogP contribution in [0, 0.1) is 4.77 Å². The number of rotatable bonds is 4. The number of ether oxygens (including phenoxy) is 1. The number of fused-ring (bicyclic) bond motifs is 1. The van der Waals surface area contributed by atoms with Crippen LogP contribution in [-0.4, -0.2) is 39.5 Å². The SMILES string of the molecule is COC(=O)c1ccc(-c2cccc(CN3CCc4[nH]c(=S)ncc4C3)n2)cc1. The van der Waals surface area contributed by atoms with Gasteiger partial charge in [0, 0.05) is 49.1 Å². The number of aromatic nitrogens is 3. The summed E-state index contributed by atoms with van der Waals surface area (Å²) in [6.45, 7) is 2.54. The third-order valence-electron chi connectivity index (χ3n) is 4.85. The van der Waals surface area contributed by atoms with E-state index in [2.05, 4.69) is 14.9 Å². The molecule has 142 valence electrons. The summed E-state index contributed by atoms with van der Waals surface area (Å²) in [5, 5.41) is 0. The Bertz CT molecular complexity index is 1060. The van der Waals surface area contributed by atoms with Crippen LogP contribution in [0.3, 0.4) is 0 Å². The molecule has 0 fully saturated rings. The number of aromatic amines is 1. The number of nitrogens with one attached hydrogen (secondary N) is 1. The third kappa shape index (κ3) is 4.00. The molecular formula is C21H20N4O2S. The molecule has 0 aliphatic carbocycles. The average molecular weight is 392 g/mol. The maximum absolute atomic E-state index is 11.6. The first-order valence-electron chi connectivity index (χ1n) is 9.06. The van der Waals surface area contributed by atoms with Crippen LogP contribution in [0.1, 0.15) is 27.3 Å². The molecule has 3 heterocycles. The number of hydrogen-bond acceptors (Lipinski definition) is 6. The molecule has 2 aromatic heterocycles. The number of nitrogens with zero attached hydrogens (tertiary/aromatic N) is 3. The van der Waals surface area contributed by atoms with E-state index in [1.165, 1.54) is 18.4 Å². The number of carbonyl (C=O) groups excluding carboxylic acids is 1. The minimum Gasteiger partial charge on any atom is -0.465 e. The lowest BCUT2D eigenvalue weighted by Gasteiger charge is -2.27. The summed E-state index contributed by atoms with van der Waals surface area (Å²) in [6, 6.07) is 13.3. The van der Waals surface area contributed by atoms with Crippen LogP contribution >= 0.6 is 12.2 Å². The second-order valence-electron chi connectivity index (χ2n) is 6.74. The summed E-state index contributed by atoms with van der Waals surface area (Å²) < 4.78 is 5.29. The molecule has 1 N–H and O–H groups in total. The lowest BCUT2D eigenvalue weighted by molar-refractivity contribution is 0.0601. The van der Waals surface area contributed by atoms with Crippen LogP contribution < -0.4 is 0 Å². The predicted molar refractivity (Wildman–Crippen MR) is 108 cm³/mol. The summed E-state index contributed by atoms with van der Waals surface area (Å²) in [5.74, 6) is -0.339. The third-order valence-corrected chi connectivity index (χ3v) is 5.06. The fraction of sp³-hybridized carbons (Fsp3) is 0.238. The van der Waals surface area contributed by atoms with Crippen molar-refractivity contribution in [3.8, 4) is 11.3 Å². The Hall–Kier alpha value is -2.90. The van der Waals surface area contributed by atoms with E-state index in [9.17, 15) is 4.79 Å². The minimum atomic E-state index is -0.339. The summed E-state index contributed by atoms with van der Waals surface area (Å²) >= 11 is 5.11. The van der Waals surface area contributed by atoms with Crippen LogP contribution in [-0.2, 0) is 24.2 Å². The largest absolute Gasteiger partial charge is 0.465 e. The standard InChI is InChI=1S/C21H20N4O2S/c1-27-20(26)15-7-5-14(6-8-15)18-4-2-3-17(23-18)13-25-10-9-19-16(12-25)11-22-21(28)24-19/h2-8,11H,9-10,12-13H2,1H3,(H,22,24,28). The molecular weight excluding hydrogens is 372 g/mol. The van der Waals surface area contributed by atoms with Gasteiger partial charge >= 0.3 is 5.97 Å². The highest BCUT2D eigenvalue weighted by molar-refractivity contribution is 7.71. The Morgan fingerprint density at radius 2 is 2.07 bits per heavy atom. The maximum atomic E-state index is 11.6. The molecule has 4 rings (SSSR count). The molecule has 1 aliphatic rings. The maximum Gasteiger partial charge on any atom is 0.337 e. The van der Waals surface area contributed by atoms with Crippen molar-refractivity contribution >= 4 is 18.2 Å². The summed E-state index contributed by atoms with van der Waals surface area (Å²) in [5.41, 5.74) is 5.77. The van der Waals surface area contributed by atoms with E-state index in [4.69, 9.17) is 21.9 Å². The topological polar surface area (TPSA) is 71.1 Å². The van der Waals surface area contributed by atoms with E-state index in [0.29, 0.717) is 10.3 Å². The van der Waals surface area contributed by atoms with E-state index >= 15 is 0 Å². The van der Waals surface area contributed by atoms with Crippen molar-refractivity contribution in [2.24, 2.45) is 0 Å². The lowest BCUT2D eigenvalue weighted by Crippen LogP contribution is -2.31. The first kappa shape index (κ1) is 18.5. The quantitative estimate of drug-likeness (QED) is 0.541. The number of benzene rings is 1. The van der Waals surface area contributed by atoms with Gasteiger partial charge in [0.15, 0.2) is 4.77 Å². The zero-order valence-corrected chi connectivity index (χ0v) is 16.3. The van der Waals surface area contributed by atoms with Gasteiger partial charge in [0.1, 0.15) is 0 Å². The predicted octanol–water partition coefficient (Wildman–Crippen LogP) is 3.55. The van der Waals surface area contributed by atoms with Crippen molar-refractivity contribution < 1.29 is 9.53 Å². The number of carbonyl (C=O) groups is 1. The molecule has 7 heteroatoms. The Balaban J connectivity index is 1.49. The van der Waals surface area contributed by atoms with Gasteiger partial charge in [0.2, 0.25) is 0 Å². The molecule has 0 saturated carbocycles. The Morgan fingerprint density at radius 3 is 2.86 bits per heavy atom. The molecule has 0 atom stereocenters. The van der Waals surface area contributed by atoms with E-state index in [-0.39, 0.29) is 5.97 Å². The zero-order valence-electron chi connectivity index (χ0n) is 15.5. The fourth-order valence-corrected chi connectivity index (χ4v) is 3.57. The Morgan fingerprint density at radius 1 is 1.25 bits per heavy atom. The summed E-state index contributed by atoms with van der Waals surface area (Å²) in [7, 11) is 1.38. The molecule has 0 amide bonds. The highest BCUT2D eigenvalue weighted by Crippen LogP contribution is 2.21. The molecule has 1 aromatic carbocycles. The molecule has 0 saturated heterocycles. The van der Waals surface area contributed by atoms with Crippen molar-refractivity contribution in [2.45, 2.75) is 19.5 Å². The van der Waals surface area contributed by atoms with Crippen LogP contribution in [0.5, 0.6) is 0 Å². The van der Waals surface area contributed by atoms with Gasteiger partial charge < -0.3 is 9.72 Å². The van der Waals surface area contributed by atoms with Gasteiger partial charge in [-0.2, -0.15) is 0 Å².